The number of carbonyl (C=O) groups excluding carboxylic acids is 2. The molecule has 5 nitrogen and oxygen atoms in total. The van der Waals surface area contributed by atoms with Crippen molar-refractivity contribution in [1.82, 2.24) is 0 Å². The van der Waals surface area contributed by atoms with Crippen LogP contribution in [0, 0.1) is 29.1 Å². The lowest BCUT2D eigenvalue weighted by molar-refractivity contribution is -0.154. The van der Waals surface area contributed by atoms with Crippen molar-refractivity contribution >= 4 is 52.7 Å². The maximum absolute atomic E-state index is 12.7. The average molecular weight is 451 g/mol. The largest absolute Gasteiger partial charge is 0.455 e. The predicted molar refractivity (Wildman–Crippen MR) is 117 cm³/mol. The second kappa shape index (κ2) is 8.79. The van der Waals surface area contributed by atoms with Crippen molar-refractivity contribution in [2.45, 2.75) is 36.2 Å². The van der Waals surface area contributed by atoms with Crippen LogP contribution in [-0.4, -0.2) is 34.1 Å². The average Bonchev–Trinajstić information content (AvgIpc) is 3.15. The number of nitriles is 1. The van der Waals surface area contributed by atoms with Crippen molar-refractivity contribution in [1.29, 1.82) is 5.26 Å². The lowest BCUT2D eigenvalue weighted by atomic mass is 9.67. The molecule has 1 aliphatic heterocycles. The van der Waals surface area contributed by atoms with Crippen molar-refractivity contribution in [3.8, 4) is 6.07 Å². The standard InChI is InChI=1S/C21H23ClN2O3S2/c22-17-5-4-13(11-23)18(10-17)24-19(25)12-27-20(26)14-8-15-2-1-3-16(9-14)21(15)28-6-7-29-21/h4-5,10,14-16H,1-3,6-9,12H2,(H,24,25)/t14?,15-,16+. The van der Waals surface area contributed by atoms with Gasteiger partial charge in [0, 0.05) is 16.5 Å². The van der Waals surface area contributed by atoms with Crippen LogP contribution in [-0.2, 0) is 14.3 Å². The highest BCUT2D eigenvalue weighted by Crippen LogP contribution is 2.64. The van der Waals surface area contributed by atoms with Crippen LogP contribution in [0.5, 0.6) is 0 Å². The van der Waals surface area contributed by atoms with Crippen molar-refractivity contribution in [2.24, 2.45) is 17.8 Å². The number of halogens is 1. The fourth-order valence-corrected chi connectivity index (χ4v) is 9.07. The van der Waals surface area contributed by atoms with E-state index >= 15 is 0 Å². The lowest BCUT2D eigenvalue weighted by Gasteiger charge is -2.51. The fourth-order valence-electron chi connectivity index (χ4n) is 4.96. The van der Waals surface area contributed by atoms with Crippen molar-refractivity contribution in [2.75, 3.05) is 23.4 Å². The van der Waals surface area contributed by atoms with E-state index < -0.39 is 5.91 Å². The number of nitrogens with zero attached hydrogens (tertiary/aromatic N) is 1. The SMILES string of the molecule is N#Cc1ccc(Cl)cc1NC(=O)COC(=O)C1C[C@H]2CCC[C@@H](C1)C21SCCS1. The van der Waals surface area contributed by atoms with Crippen LogP contribution >= 0.6 is 35.1 Å². The molecule has 2 saturated carbocycles. The summed E-state index contributed by atoms with van der Waals surface area (Å²) in [7, 11) is 0. The number of carbonyl (C=O) groups is 2. The summed E-state index contributed by atoms with van der Waals surface area (Å²) in [5.74, 6) is 2.68. The normalized spacial score (nSPS) is 27.2. The third kappa shape index (κ3) is 4.26. The smallest absolute Gasteiger partial charge is 0.309 e. The van der Waals surface area contributed by atoms with E-state index in [4.69, 9.17) is 21.6 Å². The van der Waals surface area contributed by atoms with Gasteiger partial charge in [-0.3, -0.25) is 9.59 Å². The van der Waals surface area contributed by atoms with Gasteiger partial charge in [0.15, 0.2) is 6.61 Å². The number of esters is 1. The summed E-state index contributed by atoms with van der Waals surface area (Å²) in [6.07, 6.45) is 5.36. The highest BCUT2D eigenvalue weighted by atomic mass is 35.5. The molecule has 3 aliphatic rings. The molecular weight excluding hydrogens is 428 g/mol. The first-order valence-corrected chi connectivity index (χ1v) is 12.3. The number of anilines is 1. The van der Waals surface area contributed by atoms with Gasteiger partial charge in [0.1, 0.15) is 6.07 Å². The molecule has 0 radical (unpaired) electrons. The number of hydrogen-bond acceptors (Lipinski definition) is 6. The lowest BCUT2D eigenvalue weighted by Crippen LogP contribution is -2.48. The minimum Gasteiger partial charge on any atom is -0.455 e. The Morgan fingerprint density at radius 2 is 1.93 bits per heavy atom. The predicted octanol–water partition coefficient (Wildman–Crippen LogP) is 4.70. The summed E-state index contributed by atoms with van der Waals surface area (Å²) >= 11 is 10.1. The third-order valence-corrected chi connectivity index (χ3v) is 10.4. The molecule has 0 aromatic heterocycles. The summed E-state index contributed by atoms with van der Waals surface area (Å²) in [6.45, 7) is -0.351. The Morgan fingerprint density at radius 1 is 1.24 bits per heavy atom. The molecule has 2 bridgehead atoms. The summed E-state index contributed by atoms with van der Waals surface area (Å²) in [4.78, 5) is 24.9. The number of amides is 1. The molecule has 4 rings (SSSR count). The van der Waals surface area contributed by atoms with Gasteiger partial charge < -0.3 is 10.1 Å². The number of thioether (sulfide) groups is 2. The van der Waals surface area contributed by atoms with Crippen LogP contribution in [0.3, 0.4) is 0 Å². The number of ether oxygens (including phenoxy) is 1. The van der Waals surface area contributed by atoms with Crippen LogP contribution in [0.1, 0.15) is 37.7 Å². The van der Waals surface area contributed by atoms with Crippen LogP contribution in [0.4, 0.5) is 5.69 Å². The van der Waals surface area contributed by atoms with Crippen LogP contribution in [0.15, 0.2) is 18.2 Å². The first-order valence-electron chi connectivity index (χ1n) is 9.96. The fraction of sp³-hybridized carbons (Fsp3) is 0.571. The van der Waals surface area contributed by atoms with E-state index in [2.05, 4.69) is 28.8 Å². The zero-order chi connectivity index (χ0) is 20.4. The molecule has 1 heterocycles. The summed E-state index contributed by atoms with van der Waals surface area (Å²) in [6, 6.07) is 6.65. The highest BCUT2D eigenvalue weighted by molar-refractivity contribution is 8.21. The monoisotopic (exact) mass is 450 g/mol. The van der Waals surface area contributed by atoms with Crippen molar-refractivity contribution in [3.05, 3.63) is 28.8 Å². The van der Waals surface area contributed by atoms with E-state index in [1.807, 2.05) is 6.07 Å². The topological polar surface area (TPSA) is 79.2 Å². The molecular formula is C21H23ClN2O3S2. The van der Waals surface area contributed by atoms with Gasteiger partial charge in [-0.2, -0.15) is 5.26 Å². The minimum atomic E-state index is -0.466. The zero-order valence-electron chi connectivity index (χ0n) is 16.0. The van der Waals surface area contributed by atoms with Gasteiger partial charge in [0.2, 0.25) is 0 Å². The first kappa shape index (κ1) is 20.9. The molecule has 1 aromatic rings. The molecule has 3 atom stereocenters. The van der Waals surface area contributed by atoms with Gasteiger partial charge in [-0.1, -0.05) is 18.0 Å². The minimum absolute atomic E-state index is 0.119. The van der Waals surface area contributed by atoms with Crippen molar-refractivity contribution in [3.63, 3.8) is 0 Å². The summed E-state index contributed by atoms with van der Waals surface area (Å²) in [5, 5.41) is 12.2. The van der Waals surface area contributed by atoms with Crippen LogP contribution < -0.4 is 5.32 Å². The molecule has 1 unspecified atom stereocenters. The molecule has 2 aliphatic carbocycles. The third-order valence-electron chi connectivity index (χ3n) is 6.17. The zero-order valence-corrected chi connectivity index (χ0v) is 18.4. The quantitative estimate of drug-likeness (QED) is 0.670. The molecule has 1 saturated heterocycles. The van der Waals surface area contributed by atoms with Crippen molar-refractivity contribution < 1.29 is 14.3 Å². The Balaban J connectivity index is 1.33. The molecule has 1 amide bonds. The molecule has 1 spiro atoms. The summed E-state index contributed by atoms with van der Waals surface area (Å²) < 4.78 is 5.67. The van der Waals surface area contributed by atoms with Gasteiger partial charge >= 0.3 is 5.97 Å². The molecule has 1 N–H and O–H groups in total. The molecule has 29 heavy (non-hydrogen) atoms. The van der Waals surface area contributed by atoms with E-state index in [0.717, 1.165) is 12.8 Å². The highest BCUT2D eigenvalue weighted by Gasteiger charge is 2.55. The van der Waals surface area contributed by atoms with E-state index in [0.29, 0.717) is 32.2 Å². The van der Waals surface area contributed by atoms with E-state index in [-0.39, 0.29) is 18.5 Å². The Hall–Kier alpha value is -1.36. The maximum atomic E-state index is 12.7. The van der Waals surface area contributed by atoms with Gasteiger partial charge in [-0.05, 0) is 55.7 Å². The number of benzene rings is 1. The van der Waals surface area contributed by atoms with Gasteiger partial charge in [0.25, 0.3) is 5.91 Å². The molecule has 3 fully saturated rings. The Morgan fingerprint density at radius 3 is 2.59 bits per heavy atom. The first-order chi connectivity index (χ1) is 14.0. The Bertz CT molecular complexity index is 835. The van der Waals surface area contributed by atoms with Gasteiger partial charge in [0.05, 0.1) is 21.2 Å². The van der Waals surface area contributed by atoms with E-state index in [9.17, 15) is 9.59 Å². The van der Waals surface area contributed by atoms with Gasteiger partial charge in [-0.15, -0.1) is 23.5 Å². The number of nitrogens with one attached hydrogen (secondary N) is 1. The Kier molecular flexibility index (Phi) is 6.33. The number of rotatable bonds is 4. The second-order valence-corrected chi connectivity index (χ2v) is 11.3. The van der Waals surface area contributed by atoms with E-state index in [1.165, 1.54) is 36.8 Å². The molecule has 154 valence electrons. The number of hydrogen-bond donors (Lipinski definition) is 1. The summed E-state index contributed by atoms with van der Waals surface area (Å²) in [5.41, 5.74) is 0.636. The molecule has 1 aromatic carbocycles. The second-order valence-electron chi connectivity index (χ2n) is 7.87. The Labute approximate surface area is 184 Å². The van der Waals surface area contributed by atoms with Gasteiger partial charge in [-0.25, -0.2) is 0 Å². The molecule has 8 heteroatoms. The van der Waals surface area contributed by atoms with Crippen LogP contribution in [0.2, 0.25) is 5.02 Å². The van der Waals surface area contributed by atoms with E-state index in [1.54, 1.807) is 12.1 Å². The van der Waals surface area contributed by atoms with Crippen LogP contribution in [0.25, 0.3) is 0 Å². The maximum Gasteiger partial charge on any atom is 0.309 e.